The Bertz CT molecular complexity index is 330. The molecule has 22 heavy (non-hydrogen) atoms. The Labute approximate surface area is 129 Å². The molecule has 0 saturated heterocycles. The quantitative estimate of drug-likeness (QED) is 0.570. The lowest BCUT2D eigenvalue weighted by Crippen LogP contribution is -2.43. The molecule has 130 valence electrons. The maximum atomic E-state index is 13.3. The Morgan fingerprint density at radius 3 is 2.09 bits per heavy atom. The van der Waals surface area contributed by atoms with E-state index in [2.05, 4.69) is 14.8 Å². The van der Waals surface area contributed by atoms with E-state index in [1.807, 2.05) is 0 Å². The highest BCUT2D eigenvalue weighted by molar-refractivity contribution is 5.81. The number of ether oxygens (including phenoxy) is 2. The van der Waals surface area contributed by atoms with E-state index in [9.17, 15) is 18.4 Å². The molecule has 0 rings (SSSR count). The molecule has 2 N–H and O–H groups in total. The first-order valence-electron chi connectivity index (χ1n) is 7.51. The summed E-state index contributed by atoms with van der Waals surface area (Å²) in [6.45, 7) is 3.24. The number of halogens is 2. The molecule has 0 saturated carbocycles. The standard InChI is InChI=1S/C14H25F2NO5/c1-3-6-11(15)21-13(19)10(8-5-9-18)17-14(20)22-12(16)7-4-2/h10-12,18H,3-9H2,1-2H3,(H,17,20)/t10-,11?,12?/m1/s1. The smallest absolute Gasteiger partial charge is 0.410 e. The van der Waals surface area contributed by atoms with Crippen molar-refractivity contribution in [1.82, 2.24) is 5.32 Å². The number of carbonyl (C=O) groups excluding carboxylic acids is 2. The fourth-order valence-electron chi connectivity index (χ4n) is 1.62. The van der Waals surface area contributed by atoms with Gasteiger partial charge in [0.2, 0.25) is 12.7 Å². The monoisotopic (exact) mass is 325 g/mol. The predicted molar refractivity (Wildman–Crippen MR) is 75.4 cm³/mol. The van der Waals surface area contributed by atoms with Crippen molar-refractivity contribution in [3.63, 3.8) is 0 Å². The molecule has 0 radical (unpaired) electrons. The third-order valence-corrected chi connectivity index (χ3v) is 2.74. The van der Waals surface area contributed by atoms with Gasteiger partial charge >= 0.3 is 12.1 Å². The molecule has 2 unspecified atom stereocenters. The number of aliphatic hydroxyl groups excluding tert-OH is 1. The van der Waals surface area contributed by atoms with Gasteiger partial charge in [0.05, 0.1) is 0 Å². The average molecular weight is 325 g/mol. The van der Waals surface area contributed by atoms with E-state index in [1.54, 1.807) is 13.8 Å². The topological polar surface area (TPSA) is 84.9 Å². The number of hydrogen-bond acceptors (Lipinski definition) is 5. The van der Waals surface area contributed by atoms with E-state index in [1.165, 1.54) is 0 Å². The van der Waals surface area contributed by atoms with Crippen LogP contribution in [0.1, 0.15) is 52.4 Å². The van der Waals surface area contributed by atoms with Gasteiger partial charge in [0.1, 0.15) is 6.04 Å². The fraction of sp³-hybridized carbons (Fsp3) is 0.857. The van der Waals surface area contributed by atoms with E-state index in [-0.39, 0.29) is 32.3 Å². The van der Waals surface area contributed by atoms with Crippen molar-refractivity contribution >= 4 is 12.1 Å². The van der Waals surface area contributed by atoms with Gasteiger partial charge in [-0.05, 0) is 25.7 Å². The summed E-state index contributed by atoms with van der Waals surface area (Å²) in [6.07, 6.45) is -3.35. The molecular weight excluding hydrogens is 300 g/mol. The van der Waals surface area contributed by atoms with Crippen molar-refractivity contribution in [3.8, 4) is 0 Å². The van der Waals surface area contributed by atoms with E-state index in [0.717, 1.165) is 0 Å². The van der Waals surface area contributed by atoms with Crippen molar-refractivity contribution < 1.29 is 33.0 Å². The SMILES string of the molecule is CCCC(F)OC(=O)N[C@H](CCCO)C(=O)OC(F)CCC. The van der Waals surface area contributed by atoms with Crippen LogP contribution in [-0.2, 0) is 14.3 Å². The number of rotatable bonds is 11. The van der Waals surface area contributed by atoms with Crippen molar-refractivity contribution in [2.75, 3.05) is 6.61 Å². The zero-order valence-electron chi connectivity index (χ0n) is 13.0. The minimum absolute atomic E-state index is 0.0357. The molecule has 0 heterocycles. The van der Waals surface area contributed by atoms with Gasteiger partial charge in [-0.2, -0.15) is 0 Å². The van der Waals surface area contributed by atoms with Crippen LogP contribution in [0.25, 0.3) is 0 Å². The van der Waals surface area contributed by atoms with Crippen LogP contribution < -0.4 is 5.32 Å². The molecule has 0 aliphatic rings. The predicted octanol–water partition coefficient (Wildman–Crippen LogP) is 2.59. The summed E-state index contributed by atoms with van der Waals surface area (Å²) in [4.78, 5) is 23.3. The second-order valence-corrected chi connectivity index (χ2v) is 4.80. The maximum absolute atomic E-state index is 13.3. The van der Waals surface area contributed by atoms with Crippen LogP contribution in [0, 0.1) is 0 Å². The number of carbonyl (C=O) groups is 2. The molecule has 0 spiro atoms. The van der Waals surface area contributed by atoms with Crippen LogP contribution in [0.2, 0.25) is 0 Å². The highest BCUT2D eigenvalue weighted by atomic mass is 19.1. The number of aliphatic hydroxyl groups is 1. The van der Waals surface area contributed by atoms with Crippen molar-refractivity contribution in [2.45, 2.75) is 71.1 Å². The zero-order chi connectivity index (χ0) is 17.0. The van der Waals surface area contributed by atoms with Crippen LogP contribution in [0.15, 0.2) is 0 Å². The van der Waals surface area contributed by atoms with Gasteiger partial charge in [-0.15, -0.1) is 0 Å². The summed E-state index contributed by atoms with van der Waals surface area (Å²) < 4.78 is 35.4. The summed E-state index contributed by atoms with van der Waals surface area (Å²) in [6, 6.07) is -1.19. The summed E-state index contributed by atoms with van der Waals surface area (Å²) in [5.41, 5.74) is 0. The molecule has 1 amide bonds. The largest absolute Gasteiger partial charge is 0.430 e. The van der Waals surface area contributed by atoms with Crippen molar-refractivity contribution in [1.29, 1.82) is 0 Å². The lowest BCUT2D eigenvalue weighted by Gasteiger charge is -2.19. The minimum atomic E-state index is -1.77. The Balaban J connectivity index is 4.48. The zero-order valence-corrected chi connectivity index (χ0v) is 13.0. The Kier molecular flexibility index (Phi) is 11.3. The first-order valence-corrected chi connectivity index (χ1v) is 7.51. The Morgan fingerprint density at radius 1 is 1.05 bits per heavy atom. The maximum Gasteiger partial charge on any atom is 0.410 e. The number of alkyl carbamates (subject to hydrolysis) is 1. The van der Waals surface area contributed by atoms with E-state index in [4.69, 9.17) is 5.11 Å². The summed E-state index contributed by atoms with van der Waals surface area (Å²) in [7, 11) is 0. The van der Waals surface area contributed by atoms with Crippen LogP contribution in [0.5, 0.6) is 0 Å². The average Bonchev–Trinajstić information content (AvgIpc) is 2.43. The molecule has 0 aromatic carbocycles. The van der Waals surface area contributed by atoms with Gasteiger partial charge in [-0.1, -0.05) is 13.8 Å². The fourth-order valence-corrected chi connectivity index (χ4v) is 1.62. The third-order valence-electron chi connectivity index (χ3n) is 2.74. The molecule has 0 bridgehead atoms. The van der Waals surface area contributed by atoms with E-state index < -0.39 is 30.8 Å². The first-order chi connectivity index (χ1) is 10.4. The van der Waals surface area contributed by atoms with E-state index >= 15 is 0 Å². The highest BCUT2D eigenvalue weighted by Crippen LogP contribution is 2.09. The number of amides is 1. The van der Waals surface area contributed by atoms with Crippen LogP contribution in [0.3, 0.4) is 0 Å². The third kappa shape index (κ3) is 9.49. The van der Waals surface area contributed by atoms with Gasteiger partial charge in [0.15, 0.2) is 0 Å². The van der Waals surface area contributed by atoms with Gasteiger partial charge in [-0.3, -0.25) is 0 Å². The molecule has 0 fully saturated rings. The number of esters is 1. The molecule has 0 aliphatic carbocycles. The molecule has 0 aromatic rings. The lowest BCUT2D eigenvalue weighted by molar-refractivity contribution is -0.161. The lowest BCUT2D eigenvalue weighted by atomic mass is 10.1. The van der Waals surface area contributed by atoms with Gasteiger partial charge < -0.3 is 19.9 Å². The molecule has 0 aromatic heterocycles. The minimum Gasteiger partial charge on any atom is -0.430 e. The van der Waals surface area contributed by atoms with Gasteiger partial charge in [0.25, 0.3) is 0 Å². The van der Waals surface area contributed by atoms with Crippen LogP contribution in [-0.4, -0.2) is 42.5 Å². The number of nitrogens with one attached hydrogen (secondary N) is 1. The summed E-state index contributed by atoms with van der Waals surface area (Å²) >= 11 is 0. The second kappa shape index (κ2) is 12.1. The Hall–Kier alpha value is -1.44. The molecule has 6 nitrogen and oxygen atoms in total. The highest BCUT2D eigenvalue weighted by Gasteiger charge is 2.26. The normalized spacial score (nSPS) is 14.8. The van der Waals surface area contributed by atoms with Crippen molar-refractivity contribution in [3.05, 3.63) is 0 Å². The first kappa shape index (κ1) is 20.6. The van der Waals surface area contributed by atoms with Gasteiger partial charge in [-0.25, -0.2) is 18.4 Å². The molecular formula is C14H25F2NO5. The van der Waals surface area contributed by atoms with Crippen LogP contribution in [0.4, 0.5) is 13.6 Å². The molecule has 3 atom stereocenters. The second-order valence-electron chi connectivity index (χ2n) is 4.80. The summed E-state index contributed by atoms with van der Waals surface area (Å²) in [5.74, 6) is -0.975. The Morgan fingerprint density at radius 2 is 1.59 bits per heavy atom. The van der Waals surface area contributed by atoms with E-state index in [0.29, 0.717) is 12.8 Å². The summed E-state index contributed by atoms with van der Waals surface area (Å²) in [5, 5.41) is 10.9. The van der Waals surface area contributed by atoms with Crippen LogP contribution >= 0.6 is 0 Å². The van der Waals surface area contributed by atoms with Gasteiger partial charge in [0, 0.05) is 19.4 Å². The van der Waals surface area contributed by atoms with Crippen molar-refractivity contribution in [2.24, 2.45) is 0 Å². The molecule has 0 aliphatic heterocycles. The number of hydrogen-bond donors (Lipinski definition) is 2. The number of alkyl halides is 2. The molecule has 8 heteroatoms.